The number of amides is 1. The average molecular weight is 386 g/mol. The molecule has 1 N–H and O–H groups in total. The molecule has 3 rings (SSSR count). The third-order valence-corrected chi connectivity index (χ3v) is 4.44. The van der Waals surface area contributed by atoms with Crippen LogP contribution in [0.4, 0.5) is 19.1 Å². The lowest BCUT2D eigenvalue weighted by molar-refractivity contribution is -0.141. The maximum atomic E-state index is 12.8. The van der Waals surface area contributed by atoms with Gasteiger partial charge in [-0.2, -0.15) is 18.3 Å². The highest BCUT2D eigenvalue weighted by Gasteiger charge is 2.38. The molecule has 0 unspecified atom stereocenters. The first kappa shape index (κ1) is 18.2. The van der Waals surface area contributed by atoms with E-state index >= 15 is 0 Å². The molecule has 0 radical (unpaired) electrons. The van der Waals surface area contributed by atoms with E-state index < -0.39 is 16.9 Å². The standard InChI is InChI=1S/C16H15ClF3N5O/c1-9-13(17)14(16(18,19)20)23-25(9)8-7-12(26)22-15-21-10-5-3-4-6-11(10)24(15)2/h3-6H,7-8H2,1-2H3,(H,21,22,26). The molecule has 3 aromatic rings. The van der Waals surface area contributed by atoms with Crippen LogP contribution in [-0.2, 0) is 24.6 Å². The van der Waals surface area contributed by atoms with Gasteiger partial charge in [0.05, 0.1) is 28.3 Å². The fourth-order valence-electron chi connectivity index (χ4n) is 2.58. The summed E-state index contributed by atoms with van der Waals surface area (Å²) >= 11 is 5.69. The Morgan fingerprint density at radius 2 is 2.00 bits per heavy atom. The fourth-order valence-corrected chi connectivity index (χ4v) is 2.82. The van der Waals surface area contributed by atoms with Crippen molar-refractivity contribution in [2.75, 3.05) is 5.32 Å². The van der Waals surface area contributed by atoms with Crippen LogP contribution in [-0.4, -0.2) is 25.2 Å². The molecule has 0 atom stereocenters. The topological polar surface area (TPSA) is 64.7 Å². The Bertz CT molecular complexity index is 976. The number of halogens is 4. The second-order valence-electron chi connectivity index (χ2n) is 5.75. The van der Waals surface area contributed by atoms with E-state index in [2.05, 4.69) is 15.4 Å². The van der Waals surface area contributed by atoms with Crippen molar-refractivity contribution in [3.05, 3.63) is 40.7 Å². The predicted molar refractivity (Wildman–Crippen MR) is 90.9 cm³/mol. The number of benzene rings is 1. The molecule has 0 fully saturated rings. The van der Waals surface area contributed by atoms with Crippen LogP contribution in [0.3, 0.4) is 0 Å². The number of aromatic nitrogens is 4. The van der Waals surface area contributed by atoms with Gasteiger partial charge in [0.1, 0.15) is 0 Å². The SMILES string of the molecule is Cc1c(Cl)c(C(F)(F)F)nn1CCC(=O)Nc1nc2ccccc2n1C. The van der Waals surface area contributed by atoms with Gasteiger partial charge < -0.3 is 4.57 Å². The van der Waals surface area contributed by atoms with Crippen LogP contribution >= 0.6 is 11.6 Å². The Morgan fingerprint density at radius 1 is 1.31 bits per heavy atom. The van der Waals surface area contributed by atoms with Crippen LogP contribution in [0.25, 0.3) is 11.0 Å². The van der Waals surface area contributed by atoms with Crippen molar-refractivity contribution < 1.29 is 18.0 Å². The van der Waals surface area contributed by atoms with E-state index in [1.807, 2.05) is 24.3 Å². The minimum Gasteiger partial charge on any atom is -0.313 e. The molecule has 0 bridgehead atoms. The van der Waals surface area contributed by atoms with Crippen molar-refractivity contribution in [3.8, 4) is 0 Å². The normalized spacial score (nSPS) is 11.9. The van der Waals surface area contributed by atoms with Crippen molar-refractivity contribution in [3.63, 3.8) is 0 Å². The second-order valence-corrected chi connectivity index (χ2v) is 6.13. The minimum absolute atomic E-state index is 0.0303. The Morgan fingerprint density at radius 3 is 2.62 bits per heavy atom. The molecule has 26 heavy (non-hydrogen) atoms. The number of rotatable bonds is 4. The molecule has 0 aliphatic rings. The van der Waals surface area contributed by atoms with E-state index in [0.29, 0.717) is 5.95 Å². The number of nitrogens with one attached hydrogen (secondary N) is 1. The largest absolute Gasteiger partial charge is 0.436 e. The van der Waals surface area contributed by atoms with E-state index in [4.69, 9.17) is 11.6 Å². The van der Waals surface area contributed by atoms with Crippen molar-refractivity contribution in [2.24, 2.45) is 7.05 Å². The number of imidazole rings is 1. The minimum atomic E-state index is -4.64. The molecule has 0 spiro atoms. The molecule has 0 saturated carbocycles. The van der Waals surface area contributed by atoms with Gasteiger partial charge >= 0.3 is 6.18 Å². The van der Waals surface area contributed by atoms with E-state index in [1.54, 1.807) is 11.6 Å². The molecule has 138 valence electrons. The van der Waals surface area contributed by atoms with Gasteiger partial charge in [-0.3, -0.25) is 14.8 Å². The number of hydrogen-bond acceptors (Lipinski definition) is 3. The molecular weight excluding hydrogens is 371 g/mol. The molecule has 10 heteroatoms. The average Bonchev–Trinajstić information content (AvgIpc) is 3.04. The smallest absolute Gasteiger partial charge is 0.313 e. The van der Waals surface area contributed by atoms with E-state index in [1.165, 1.54) is 6.92 Å². The first-order chi connectivity index (χ1) is 12.2. The van der Waals surface area contributed by atoms with Crippen molar-refractivity contribution >= 4 is 34.5 Å². The molecule has 2 heterocycles. The summed E-state index contributed by atoms with van der Waals surface area (Å²) in [5, 5.41) is 5.68. The van der Waals surface area contributed by atoms with Crippen LogP contribution in [0.5, 0.6) is 0 Å². The maximum absolute atomic E-state index is 12.8. The van der Waals surface area contributed by atoms with Crippen LogP contribution in [0.2, 0.25) is 5.02 Å². The van der Waals surface area contributed by atoms with Crippen molar-refractivity contribution in [1.29, 1.82) is 0 Å². The molecule has 2 aromatic heterocycles. The summed E-state index contributed by atoms with van der Waals surface area (Å²) in [6.07, 6.45) is -4.71. The number of carbonyl (C=O) groups is 1. The van der Waals surface area contributed by atoms with Gasteiger partial charge in [0, 0.05) is 13.5 Å². The highest BCUT2D eigenvalue weighted by molar-refractivity contribution is 6.31. The summed E-state index contributed by atoms with van der Waals surface area (Å²) in [6, 6.07) is 7.38. The van der Waals surface area contributed by atoms with Crippen LogP contribution in [0.15, 0.2) is 24.3 Å². The number of alkyl halides is 3. The van der Waals surface area contributed by atoms with Gasteiger partial charge in [0.2, 0.25) is 11.9 Å². The predicted octanol–water partition coefficient (Wildman–Crippen LogP) is 3.78. The number of anilines is 1. The quantitative estimate of drug-likeness (QED) is 0.743. The van der Waals surface area contributed by atoms with Gasteiger partial charge in [0.15, 0.2) is 5.69 Å². The maximum Gasteiger partial charge on any atom is 0.436 e. The summed E-state index contributed by atoms with van der Waals surface area (Å²) in [7, 11) is 1.76. The van der Waals surface area contributed by atoms with Crippen LogP contribution in [0, 0.1) is 6.92 Å². The summed E-state index contributed by atoms with van der Waals surface area (Å²) in [6.45, 7) is 1.39. The summed E-state index contributed by atoms with van der Waals surface area (Å²) in [5.74, 6) is -0.0228. The number of fused-ring (bicyclic) bond motifs is 1. The Balaban J connectivity index is 1.70. The summed E-state index contributed by atoms with van der Waals surface area (Å²) < 4.78 is 41.3. The summed E-state index contributed by atoms with van der Waals surface area (Å²) in [4.78, 5) is 16.5. The molecule has 0 aliphatic carbocycles. The first-order valence-corrected chi connectivity index (χ1v) is 8.07. The van der Waals surface area contributed by atoms with Gasteiger partial charge in [-0.25, -0.2) is 4.98 Å². The van der Waals surface area contributed by atoms with Gasteiger partial charge in [-0.05, 0) is 19.1 Å². The van der Waals surface area contributed by atoms with Crippen LogP contribution in [0.1, 0.15) is 17.8 Å². The molecule has 1 amide bonds. The zero-order valence-corrected chi connectivity index (χ0v) is 14.7. The molecular formula is C16H15ClF3N5O. The second kappa shape index (κ2) is 6.64. The monoisotopic (exact) mass is 385 g/mol. The van der Waals surface area contributed by atoms with Crippen molar-refractivity contribution in [2.45, 2.75) is 26.1 Å². The highest BCUT2D eigenvalue weighted by Crippen LogP contribution is 2.35. The number of hydrogen-bond donors (Lipinski definition) is 1. The van der Waals surface area contributed by atoms with E-state index in [9.17, 15) is 18.0 Å². The number of para-hydroxylation sites is 2. The number of aryl methyl sites for hydroxylation is 2. The Labute approximate surface area is 151 Å². The highest BCUT2D eigenvalue weighted by atomic mass is 35.5. The zero-order chi connectivity index (χ0) is 19.1. The van der Waals surface area contributed by atoms with Gasteiger partial charge in [-0.15, -0.1) is 0 Å². The lowest BCUT2D eigenvalue weighted by Gasteiger charge is -2.06. The lowest BCUT2D eigenvalue weighted by atomic mass is 10.3. The first-order valence-electron chi connectivity index (χ1n) is 7.70. The van der Waals surface area contributed by atoms with E-state index in [-0.39, 0.29) is 24.6 Å². The van der Waals surface area contributed by atoms with Crippen LogP contribution < -0.4 is 5.32 Å². The molecule has 0 saturated heterocycles. The fraction of sp³-hybridized carbons (Fsp3) is 0.312. The van der Waals surface area contributed by atoms with Gasteiger partial charge in [0.25, 0.3) is 0 Å². The Hall–Kier alpha value is -2.55. The number of carbonyl (C=O) groups excluding carboxylic acids is 1. The molecule has 1 aromatic carbocycles. The summed E-state index contributed by atoms with van der Waals surface area (Å²) in [5.41, 5.74) is 0.601. The van der Waals surface area contributed by atoms with Gasteiger partial charge in [-0.1, -0.05) is 23.7 Å². The number of nitrogens with zero attached hydrogens (tertiary/aromatic N) is 4. The third kappa shape index (κ3) is 3.39. The van der Waals surface area contributed by atoms with Crippen molar-refractivity contribution in [1.82, 2.24) is 19.3 Å². The molecule has 0 aliphatic heterocycles. The lowest BCUT2D eigenvalue weighted by Crippen LogP contribution is -2.18. The third-order valence-electron chi connectivity index (χ3n) is 3.99. The van der Waals surface area contributed by atoms with E-state index in [0.717, 1.165) is 15.7 Å². The Kier molecular flexibility index (Phi) is 4.66. The molecule has 6 nitrogen and oxygen atoms in total. The zero-order valence-electron chi connectivity index (χ0n) is 13.9.